The molecule has 1 rings (SSSR count). The quantitative estimate of drug-likeness (QED) is 0.826. The number of hydrogen-bond acceptors (Lipinski definition) is 3. The molecule has 0 aliphatic heterocycles. The largest absolute Gasteiger partial charge is 0.355 e. The van der Waals surface area contributed by atoms with Crippen LogP contribution in [0.4, 0.5) is 0 Å². The molecule has 6 heteroatoms. The minimum absolute atomic E-state index is 0. The van der Waals surface area contributed by atoms with Gasteiger partial charge in [-0.05, 0) is 19.4 Å². The number of rotatable bonds is 6. The second-order valence-electron chi connectivity index (χ2n) is 4.19. The van der Waals surface area contributed by atoms with Crippen LogP contribution in [-0.2, 0) is 9.59 Å². The summed E-state index contributed by atoms with van der Waals surface area (Å²) in [6, 6.07) is 8.43. The number of hydrogen-bond donors (Lipinski definition) is 2. The van der Waals surface area contributed by atoms with E-state index < -0.39 is 6.04 Å². The number of nitrogens with two attached hydrogens (primary N) is 1. The Labute approximate surface area is 125 Å². The molecule has 2 amide bonds. The highest BCUT2D eigenvalue weighted by Gasteiger charge is 2.22. The van der Waals surface area contributed by atoms with Crippen LogP contribution in [0.3, 0.4) is 0 Å². The highest BCUT2D eigenvalue weighted by atomic mass is 35.5. The van der Waals surface area contributed by atoms with Crippen molar-refractivity contribution in [3.8, 4) is 0 Å². The maximum absolute atomic E-state index is 12.2. The minimum atomic E-state index is -0.726. The molecule has 0 radical (unpaired) electrons. The lowest BCUT2D eigenvalue weighted by molar-refractivity contribution is -0.137. The van der Waals surface area contributed by atoms with Crippen molar-refractivity contribution in [2.45, 2.75) is 19.9 Å². The highest BCUT2D eigenvalue weighted by Crippen LogP contribution is 2.12. The van der Waals surface area contributed by atoms with Gasteiger partial charge in [0.25, 0.3) is 0 Å². The molecule has 20 heavy (non-hydrogen) atoms. The number of benzene rings is 1. The van der Waals surface area contributed by atoms with Crippen molar-refractivity contribution in [3.05, 3.63) is 35.9 Å². The number of carbonyl (C=O) groups excluding carboxylic acids is 2. The van der Waals surface area contributed by atoms with Gasteiger partial charge in [0.15, 0.2) is 0 Å². The van der Waals surface area contributed by atoms with E-state index in [0.717, 1.165) is 5.56 Å². The molecule has 1 unspecified atom stereocenters. The number of halogens is 1. The monoisotopic (exact) mass is 299 g/mol. The van der Waals surface area contributed by atoms with Gasteiger partial charge in [0, 0.05) is 13.1 Å². The maximum Gasteiger partial charge on any atom is 0.244 e. The summed E-state index contributed by atoms with van der Waals surface area (Å²) in [5, 5.41) is 2.67. The average molecular weight is 300 g/mol. The van der Waals surface area contributed by atoms with Crippen LogP contribution in [0.5, 0.6) is 0 Å². The van der Waals surface area contributed by atoms with E-state index in [1.807, 2.05) is 44.2 Å². The first-order valence-corrected chi connectivity index (χ1v) is 6.46. The Kier molecular flexibility index (Phi) is 8.59. The van der Waals surface area contributed by atoms with Gasteiger partial charge in [0.1, 0.15) is 6.04 Å². The third-order valence-corrected chi connectivity index (χ3v) is 2.83. The SMILES string of the molecule is CCNC(=O)CN(CC)C(=O)C(N)c1ccccc1.Cl. The van der Waals surface area contributed by atoms with Crippen LogP contribution < -0.4 is 11.1 Å². The molecule has 1 aromatic carbocycles. The summed E-state index contributed by atoms with van der Waals surface area (Å²) in [6.07, 6.45) is 0. The van der Waals surface area contributed by atoms with E-state index in [0.29, 0.717) is 13.1 Å². The molecular formula is C14H22ClN3O2. The molecule has 112 valence electrons. The smallest absolute Gasteiger partial charge is 0.244 e. The first-order valence-electron chi connectivity index (χ1n) is 6.46. The van der Waals surface area contributed by atoms with Crippen molar-refractivity contribution >= 4 is 24.2 Å². The summed E-state index contributed by atoms with van der Waals surface area (Å²) >= 11 is 0. The van der Waals surface area contributed by atoms with Crippen molar-refractivity contribution < 1.29 is 9.59 Å². The first-order chi connectivity index (χ1) is 9.10. The topological polar surface area (TPSA) is 75.4 Å². The Morgan fingerprint density at radius 2 is 1.85 bits per heavy atom. The molecule has 0 aliphatic rings. The van der Waals surface area contributed by atoms with E-state index in [2.05, 4.69) is 5.32 Å². The summed E-state index contributed by atoms with van der Waals surface area (Å²) < 4.78 is 0. The summed E-state index contributed by atoms with van der Waals surface area (Å²) in [5.41, 5.74) is 6.69. The fourth-order valence-electron chi connectivity index (χ4n) is 1.77. The molecule has 1 atom stereocenters. The Morgan fingerprint density at radius 3 is 2.35 bits per heavy atom. The van der Waals surface area contributed by atoms with Crippen molar-refractivity contribution in [1.29, 1.82) is 0 Å². The summed E-state index contributed by atoms with van der Waals surface area (Å²) in [6.45, 7) is 4.72. The molecule has 3 N–H and O–H groups in total. The number of nitrogens with one attached hydrogen (secondary N) is 1. The van der Waals surface area contributed by atoms with Crippen LogP contribution in [0.1, 0.15) is 25.5 Å². The first kappa shape index (κ1) is 18.4. The van der Waals surface area contributed by atoms with E-state index in [-0.39, 0.29) is 30.8 Å². The second-order valence-corrected chi connectivity index (χ2v) is 4.19. The lowest BCUT2D eigenvalue weighted by Gasteiger charge is -2.23. The zero-order chi connectivity index (χ0) is 14.3. The van der Waals surface area contributed by atoms with Crippen LogP contribution in [0.25, 0.3) is 0 Å². The zero-order valence-electron chi connectivity index (χ0n) is 11.8. The molecule has 0 heterocycles. The van der Waals surface area contributed by atoms with Crippen LogP contribution in [-0.4, -0.2) is 36.3 Å². The Balaban J connectivity index is 0.00000361. The highest BCUT2D eigenvalue weighted by molar-refractivity contribution is 5.88. The lowest BCUT2D eigenvalue weighted by Crippen LogP contribution is -2.44. The van der Waals surface area contributed by atoms with Gasteiger partial charge in [-0.25, -0.2) is 0 Å². The summed E-state index contributed by atoms with van der Waals surface area (Å²) in [5.74, 6) is -0.405. The summed E-state index contributed by atoms with van der Waals surface area (Å²) in [4.78, 5) is 25.2. The van der Waals surface area contributed by atoms with E-state index in [9.17, 15) is 9.59 Å². The molecule has 5 nitrogen and oxygen atoms in total. The van der Waals surface area contributed by atoms with Crippen molar-refractivity contribution in [1.82, 2.24) is 10.2 Å². The molecule has 1 aromatic rings. The zero-order valence-corrected chi connectivity index (χ0v) is 12.7. The van der Waals surface area contributed by atoms with Crippen molar-refractivity contribution in [2.24, 2.45) is 5.73 Å². The van der Waals surface area contributed by atoms with Gasteiger partial charge in [-0.15, -0.1) is 12.4 Å². The van der Waals surface area contributed by atoms with Gasteiger partial charge in [-0.2, -0.15) is 0 Å². The fraction of sp³-hybridized carbons (Fsp3) is 0.429. The van der Waals surface area contributed by atoms with Gasteiger partial charge < -0.3 is 16.0 Å². The van der Waals surface area contributed by atoms with Crippen LogP contribution in [0.2, 0.25) is 0 Å². The number of likely N-dealkylation sites (N-methyl/N-ethyl adjacent to an activating group) is 2. The van der Waals surface area contributed by atoms with E-state index in [1.165, 1.54) is 4.90 Å². The molecule has 0 aromatic heterocycles. The lowest BCUT2D eigenvalue weighted by atomic mass is 10.1. The Morgan fingerprint density at radius 1 is 1.25 bits per heavy atom. The molecule has 0 aliphatic carbocycles. The van der Waals surface area contributed by atoms with E-state index in [4.69, 9.17) is 5.73 Å². The van der Waals surface area contributed by atoms with Gasteiger partial charge >= 0.3 is 0 Å². The van der Waals surface area contributed by atoms with Crippen LogP contribution in [0, 0.1) is 0 Å². The molecule has 0 saturated heterocycles. The van der Waals surface area contributed by atoms with Crippen LogP contribution in [0.15, 0.2) is 30.3 Å². The standard InChI is InChI=1S/C14H21N3O2.ClH/c1-3-16-12(18)10-17(4-2)14(19)13(15)11-8-6-5-7-9-11;/h5-9,13H,3-4,10,15H2,1-2H3,(H,16,18);1H. The number of carbonyl (C=O) groups is 2. The predicted octanol–water partition coefficient (Wildman–Crippen LogP) is 1.09. The van der Waals surface area contributed by atoms with Crippen molar-refractivity contribution in [2.75, 3.05) is 19.6 Å². The molecule has 0 saturated carbocycles. The molecule has 0 fully saturated rings. The van der Waals surface area contributed by atoms with Gasteiger partial charge in [0.05, 0.1) is 6.54 Å². The van der Waals surface area contributed by atoms with E-state index >= 15 is 0 Å². The molecular weight excluding hydrogens is 278 g/mol. The molecule has 0 spiro atoms. The normalized spacial score (nSPS) is 11.2. The second kappa shape index (κ2) is 9.34. The third kappa shape index (κ3) is 5.19. The van der Waals surface area contributed by atoms with Gasteiger partial charge in [0.2, 0.25) is 11.8 Å². The van der Waals surface area contributed by atoms with Crippen LogP contribution >= 0.6 is 12.4 Å². The summed E-state index contributed by atoms with van der Waals surface area (Å²) in [7, 11) is 0. The number of amides is 2. The van der Waals surface area contributed by atoms with Gasteiger partial charge in [-0.3, -0.25) is 9.59 Å². The Bertz CT molecular complexity index is 426. The van der Waals surface area contributed by atoms with Gasteiger partial charge in [-0.1, -0.05) is 30.3 Å². The molecule has 0 bridgehead atoms. The number of nitrogens with zero attached hydrogens (tertiary/aromatic N) is 1. The fourth-order valence-corrected chi connectivity index (χ4v) is 1.77. The minimum Gasteiger partial charge on any atom is -0.355 e. The Hall–Kier alpha value is -1.59. The van der Waals surface area contributed by atoms with E-state index in [1.54, 1.807) is 0 Å². The average Bonchev–Trinajstić information content (AvgIpc) is 2.44. The predicted molar refractivity (Wildman–Crippen MR) is 81.6 cm³/mol. The maximum atomic E-state index is 12.2. The third-order valence-electron chi connectivity index (χ3n) is 2.83. The van der Waals surface area contributed by atoms with Crippen molar-refractivity contribution in [3.63, 3.8) is 0 Å².